The average molecular weight is 411 g/mol. The fourth-order valence-electron chi connectivity index (χ4n) is 6.46. The Morgan fingerprint density at radius 2 is 1.47 bits per heavy atom. The topological polar surface area (TPSA) is 17.3 Å². The molecular formula is C30H22N2. The third kappa shape index (κ3) is 2.03. The number of fused-ring (bicyclic) bond motifs is 7. The Kier molecular flexibility index (Phi) is 3.17. The third-order valence-corrected chi connectivity index (χ3v) is 7.87. The first kappa shape index (κ1) is 17.0. The quantitative estimate of drug-likeness (QED) is 0.197. The molecule has 1 aliphatic carbocycles. The molecule has 0 saturated heterocycles. The molecule has 2 nitrogen and oxygen atoms in total. The van der Waals surface area contributed by atoms with Crippen LogP contribution in [0.3, 0.4) is 0 Å². The van der Waals surface area contributed by atoms with Crippen molar-refractivity contribution in [3.8, 4) is 0 Å². The minimum absolute atomic E-state index is 0.662. The number of benzene rings is 4. The van der Waals surface area contributed by atoms with Crippen LogP contribution in [0.1, 0.15) is 37.2 Å². The number of rotatable bonds is 1. The number of aromatic nitrogens is 2. The second-order valence-corrected chi connectivity index (χ2v) is 9.49. The Morgan fingerprint density at radius 3 is 2.34 bits per heavy atom. The van der Waals surface area contributed by atoms with Gasteiger partial charge in [-0.2, -0.15) is 0 Å². The number of hydrogen-bond acceptors (Lipinski definition) is 1. The summed E-state index contributed by atoms with van der Waals surface area (Å²) < 4.78 is 2.50. The Balaban J connectivity index is 1.72. The third-order valence-electron chi connectivity index (χ3n) is 7.87. The molecule has 3 aromatic heterocycles. The van der Waals surface area contributed by atoms with E-state index in [9.17, 15) is 0 Å². The molecule has 1 saturated carbocycles. The van der Waals surface area contributed by atoms with Crippen molar-refractivity contribution in [3.05, 3.63) is 84.6 Å². The van der Waals surface area contributed by atoms with Crippen LogP contribution >= 0.6 is 0 Å². The molecule has 0 aliphatic heterocycles. The number of para-hydroxylation sites is 1. The van der Waals surface area contributed by atoms with Gasteiger partial charge in [0.1, 0.15) is 0 Å². The minimum Gasteiger partial charge on any atom is -0.308 e. The van der Waals surface area contributed by atoms with E-state index in [2.05, 4.69) is 77.2 Å². The zero-order valence-corrected chi connectivity index (χ0v) is 17.8. The summed E-state index contributed by atoms with van der Waals surface area (Å²) in [6, 6.07) is 27.1. The predicted octanol–water partition coefficient (Wildman–Crippen LogP) is 8.20. The molecule has 1 fully saturated rings. The first-order valence-electron chi connectivity index (χ1n) is 11.8. The largest absolute Gasteiger partial charge is 0.308 e. The van der Waals surface area contributed by atoms with Crippen LogP contribution in [-0.2, 0) is 0 Å². The number of nitrogens with zero attached hydrogens (tertiary/aromatic N) is 2. The molecule has 0 spiro atoms. The van der Waals surface area contributed by atoms with Crippen molar-refractivity contribution < 1.29 is 0 Å². The highest BCUT2D eigenvalue weighted by molar-refractivity contribution is 6.29. The van der Waals surface area contributed by atoms with Gasteiger partial charge in [0.15, 0.2) is 0 Å². The maximum absolute atomic E-state index is 4.99. The predicted molar refractivity (Wildman–Crippen MR) is 135 cm³/mol. The molecule has 3 heterocycles. The zero-order valence-electron chi connectivity index (χ0n) is 17.8. The highest BCUT2D eigenvalue weighted by atomic mass is 14.9. The van der Waals surface area contributed by atoms with Crippen LogP contribution in [0.2, 0.25) is 0 Å². The van der Waals surface area contributed by atoms with Crippen LogP contribution in [0.15, 0.2) is 79.0 Å². The van der Waals surface area contributed by atoms with E-state index in [1.165, 1.54) is 85.5 Å². The van der Waals surface area contributed by atoms with E-state index in [-0.39, 0.29) is 0 Å². The second kappa shape index (κ2) is 5.98. The van der Waals surface area contributed by atoms with E-state index in [1.54, 1.807) is 0 Å². The Hall–Kier alpha value is -3.65. The van der Waals surface area contributed by atoms with Crippen LogP contribution in [-0.4, -0.2) is 9.38 Å². The number of pyridine rings is 2. The summed E-state index contributed by atoms with van der Waals surface area (Å²) in [7, 11) is 0. The molecule has 152 valence electrons. The van der Waals surface area contributed by atoms with Crippen molar-refractivity contribution in [1.29, 1.82) is 0 Å². The smallest absolute Gasteiger partial charge is 0.0823 e. The molecule has 0 atom stereocenters. The van der Waals surface area contributed by atoms with E-state index < -0.39 is 0 Å². The Morgan fingerprint density at radius 1 is 0.688 bits per heavy atom. The van der Waals surface area contributed by atoms with Crippen LogP contribution in [0.5, 0.6) is 0 Å². The van der Waals surface area contributed by atoms with Crippen molar-refractivity contribution in [2.75, 3.05) is 0 Å². The van der Waals surface area contributed by atoms with Gasteiger partial charge in [0, 0.05) is 27.7 Å². The van der Waals surface area contributed by atoms with E-state index >= 15 is 0 Å². The molecule has 7 aromatic rings. The minimum atomic E-state index is 0.662. The van der Waals surface area contributed by atoms with Gasteiger partial charge in [0.2, 0.25) is 0 Å². The lowest BCUT2D eigenvalue weighted by atomic mass is 9.89. The molecule has 8 rings (SSSR count). The van der Waals surface area contributed by atoms with Gasteiger partial charge in [-0.3, -0.25) is 4.98 Å². The highest BCUT2D eigenvalue weighted by Gasteiger charge is 2.25. The van der Waals surface area contributed by atoms with E-state index in [4.69, 9.17) is 4.98 Å². The summed E-state index contributed by atoms with van der Waals surface area (Å²) >= 11 is 0. The summed E-state index contributed by atoms with van der Waals surface area (Å²) in [6.45, 7) is 0. The van der Waals surface area contributed by atoms with Crippen LogP contribution in [0, 0.1) is 0 Å². The summed E-state index contributed by atoms with van der Waals surface area (Å²) in [6.07, 6.45) is 7.33. The standard InChI is InChI=1S/C30H22N2/c1-2-8-18(7-1)23-17-24-21-11-5-6-12-26(21)32-27-16-20-10-4-3-9-19(20)15-25(27)29-28(30(24)32)22(23)13-14-31-29/h3-6,9-18H,1-2,7-8H2. The molecule has 0 amide bonds. The van der Waals surface area contributed by atoms with Crippen molar-refractivity contribution in [1.82, 2.24) is 9.38 Å². The van der Waals surface area contributed by atoms with Gasteiger partial charge in [0.05, 0.1) is 22.1 Å². The van der Waals surface area contributed by atoms with Gasteiger partial charge in [-0.15, -0.1) is 0 Å². The molecule has 0 radical (unpaired) electrons. The summed E-state index contributed by atoms with van der Waals surface area (Å²) in [4.78, 5) is 4.99. The van der Waals surface area contributed by atoms with Crippen LogP contribution < -0.4 is 0 Å². The second-order valence-electron chi connectivity index (χ2n) is 9.49. The van der Waals surface area contributed by atoms with E-state index in [0.717, 1.165) is 5.52 Å². The summed E-state index contributed by atoms with van der Waals surface area (Å²) in [5, 5.41) is 9.25. The molecular weight excluding hydrogens is 388 g/mol. The van der Waals surface area contributed by atoms with Gasteiger partial charge in [-0.25, -0.2) is 0 Å². The van der Waals surface area contributed by atoms with Gasteiger partial charge >= 0.3 is 0 Å². The van der Waals surface area contributed by atoms with Gasteiger partial charge in [-0.05, 0) is 70.8 Å². The van der Waals surface area contributed by atoms with Gasteiger partial charge in [0.25, 0.3) is 0 Å². The summed E-state index contributed by atoms with van der Waals surface area (Å²) in [5.41, 5.74) is 6.53. The molecule has 1 aliphatic rings. The SMILES string of the molecule is c1ccc2cc3c(cc2c1)c1nccc2c(C4CCCC4)cc4c5ccccc5n3c4c21. The lowest BCUT2D eigenvalue weighted by Gasteiger charge is -2.18. The van der Waals surface area contributed by atoms with Crippen molar-refractivity contribution >= 4 is 59.8 Å². The monoisotopic (exact) mass is 410 g/mol. The number of hydrogen-bond donors (Lipinski definition) is 0. The van der Waals surface area contributed by atoms with Gasteiger partial charge < -0.3 is 4.40 Å². The first-order chi connectivity index (χ1) is 15.9. The molecule has 0 unspecified atom stereocenters. The molecule has 4 aromatic carbocycles. The molecule has 0 bridgehead atoms. The first-order valence-corrected chi connectivity index (χ1v) is 11.8. The van der Waals surface area contributed by atoms with Crippen LogP contribution in [0.4, 0.5) is 0 Å². The van der Waals surface area contributed by atoms with Gasteiger partial charge in [-0.1, -0.05) is 55.3 Å². The highest BCUT2D eigenvalue weighted by Crippen LogP contribution is 2.46. The average Bonchev–Trinajstić information content (AvgIpc) is 3.49. The fraction of sp³-hybridized carbons (Fsp3) is 0.167. The molecule has 0 N–H and O–H groups in total. The van der Waals surface area contributed by atoms with E-state index in [1.807, 2.05) is 6.20 Å². The van der Waals surface area contributed by atoms with Crippen LogP contribution in [0.25, 0.3) is 59.8 Å². The summed E-state index contributed by atoms with van der Waals surface area (Å²) in [5.74, 6) is 0.662. The fourth-order valence-corrected chi connectivity index (χ4v) is 6.46. The Bertz CT molecular complexity index is 1830. The lowest BCUT2D eigenvalue weighted by molar-refractivity contribution is 0.730. The van der Waals surface area contributed by atoms with Crippen molar-refractivity contribution in [2.45, 2.75) is 31.6 Å². The Labute approximate surface area is 185 Å². The maximum atomic E-state index is 4.99. The zero-order chi connectivity index (χ0) is 20.8. The molecule has 2 heteroatoms. The van der Waals surface area contributed by atoms with Crippen molar-refractivity contribution in [2.24, 2.45) is 0 Å². The molecule has 32 heavy (non-hydrogen) atoms. The van der Waals surface area contributed by atoms with E-state index in [0.29, 0.717) is 5.92 Å². The van der Waals surface area contributed by atoms with Crippen molar-refractivity contribution in [3.63, 3.8) is 0 Å². The lowest BCUT2D eigenvalue weighted by Crippen LogP contribution is -1.99. The normalized spacial score (nSPS) is 15.5. The maximum Gasteiger partial charge on any atom is 0.0823 e.